The zero-order valence-corrected chi connectivity index (χ0v) is 11.3. The van der Waals surface area contributed by atoms with Gasteiger partial charge >= 0.3 is 0 Å². The first kappa shape index (κ1) is 14.9. The van der Waals surface area contributed by atoms with E-state index in [2.05, 4.69) is 39.9 Å². The van der Waals surface area contributed by atoms with Crippen LogP contribution in [0.15, 0.2) is 0 Å². The lowest BCUT2D eigenvalue weighted by Gasteiger charge is -2.26. The highest BCUT2D eigenvalue weighted by Gasteiger charge is 2.15. The van der Waals surface area contributed by atoms with Crippen LogP contribution in [0.3, 0.4) is 0 Å². The van der Waals surface area contributed by atoms with Crippen LogP contribution in [0, 0.1) is 11.8 Å². The molecule has 0 aromatic heterocycles. The number of nitrogens with one attached hydrogen (secondary N) is 1. The zero-order valence-electron chi connectivity index (χ0n) is 11.3. The van der Waals surface area contributed by atoms with Gasteiger partial charge in [0.15, 0.2) is 0 Å². The molecule has 0 saturated heterocycles. The minimum atomic E-state index is 0.483. The van der Waals surface area contributed by atoms with E-state index < -0.39 is 0 Å². The van der Waals surface area contributed by atoms with Gasteiger partial charge < -0.3 is 10.1 Å². The first-order valence-corrected chi connectivity index (χ1v) is 6.22. The van der Waals surface area contributed by atoms with Crippen LogP contribution in [-0.4, -0.2) is 25.8 Å². The highest BCUT2D eigenvalue weighted by molar-refractivity contribution is 4.74. The Morgan fingerprint density at radius 1 is 1.00 bits per heavy atom. The van der Waals surface area contributed by atoms with Crippen molar-refractivity contribution in [3.8, 4) is 0 Å². The van der Waals surface area contributed by atoms with Crippen molar-refractivity contribution in [2.45, 2.75) is 59.5 Å². The number of hydrogen-bond acceptors (Lipinski definition) is 2. The van der Waals surface area contributed by atoms with Crippen molar-refractivity contribution in [1.29, 1.82) is 0 Å². The molecule has 2 unspecified atom stereocenters. The highest BCUT2D eigenvalue weighted by Crippen LogP contribution is 2.09. The monoisotopic (exact) mass is 215 g/mol. The molecule has 0 heterocycles. The van der Waals surface area contributed by atoms with E-state index >= 15 is 0 Å². The normalized spacial score (nSPS) is 16.0. The molecule has 0 amide bonds. The molecule has 0 saturated carbocycles. The summed E-state index contributed by atoms with van der Waals surface area (Å²) in [5.41, 5.74) is 0. The van der Waals surface area contributed by atoms with Gasteiger partial charge in [-0.25, -0.2) is 0 Å². The van der Waals surface area contributed by atoms with Gasteiger partial charge in [-0.3, -0.25) is 0 Å². The first-order chi connectivity index (χ1) is 6.97. The molecular weight excluding hydrogens is 186 g/mol. The van der Waals surface area contributed by atoms with Crippen LogP contribution in [0.5, 0.6) is 0 Å². The van der Waals surface area contributed by atoms with Crippen LogP contribution in [0.25, 0.3) is 0 Å². The highest BCUT2D eigenvalue weighted by atomic mass is 16.5. The molecule has 0 aliphatic heterocycles. The molecule has 2 nitrogen and oxygen atoms in total. The fourth-order valence-corrected chi connectivity index (χ4v) is 1.64. The SMILES string of the molecule is COCC(NC(C)CCC(C)C)C(C)C. The minimum Gasteiger partial charge on any atom is -0.383 e. The Hall–Kier alpha value is -0.0800. The molecule has 0 radical (unpaired) electrons. The summed E-state index contributed by atoms with van der Waals surface area (Å²) in [5.74, 6) is 1.43. The molecule has 1 N–H and O–H groups in total. The van der Waals surface area contributed by atoms with Crippen LogP contribution in [0.4, 0.5) is 0 Å². The van der Waals surface area contributed by atoms with Crippen LogP contribution in [0.1, 0.15) is 47.5 Å². The standard InChI is InChI=1S/C13H29NO/c1-10(2)7-8-12(5)14-13(9-15-6)11(3)4/h10-14H,7-9H2,1-6H3. The molecule has 0 aromatic carbocycles. The largest absolute Gasteiger partial charge is 0.383 e. The molecule has 0 aliphatic rings. The summed E-state index contributed by atoms with van der Waals surface area (Å²) in [4.78, 5) is 0. The third-order valence-corrected chi connectivity index (χ3v) is 2.83. The van der Waals surface area contributed by atoms with Gasteiger partial charge in [0.25, 0.3) is 0 Å². The van der Waals surface area contributed by atoms with E-state index in [1.165, 1.54) is 12.8 Å². The lowest BCUT2D eigenvalue weighted by atomic mass is 10.0. The third kappa shape index (κ3) is 7.80. The quantitative estimate of drug-likeness (QED) is 0.672. The van der Waals surface area contributed by atoms with E-state index in [0.717, 1.165) is 12.5 Å². The topological polar surface area (TPSA) is 21.3 Å². The number of ether oxygens (including phenoxy) is 1. The van der Waals surface area contributed by atoms with Crippen molar-refractivity contribution in [3.63, 3.8) is 0 Å². The van der Waals surface area contributed by atoms with Gasteiger partial charge in [0.2, 0.25) is 0 Å². The maximum absolute atomic E-state index is 5.23. The average molecular weight is 215 g/mol. The van der Waals surface area contributed by atoms with Crippen LogP contribution in [0.2, 0.25) is 0 Å². The van der Waals surface area contributed by atoms with Gasteiger partial charge in [0.1, 0.15) is 0 Å². The Labute approximate surface area is 95.8 Å². The van der Waals surface area contributed by atoms with Crippen LogP contribution >= 0.6 is 0 Å². The molecule has 0 aromatic rings. The summed E-state index contributed by atoms with van der Waals surface area (Å²) >= 11 is 0. The summed E-state index contributed by atoms with van der Waals surface area (Å²) in [7, 11) is 1.77. The summed E-state index contributed by atoms with van der Waals surface area (Å²) in [6.45, 7) is 12.1. The van der Waals surface area contributed by atoms with Gasteiger partial charge in [-0.2, -0.15) is 0 Å². The van der Waals surface area contributed by atoms with E-state index in [9.17, 15) is 0 Å². The molecule has 0 rings (SSSR count). The van der Waals surface area contributed by atoms with E-state index in [4.69, 9.17) is 4.74 Å². The second-order valence-corrected chi connectivity index (χ2v) is 5.34. The van der Waals surface area contributed by atoms with Crippen molar-refractivity contribution in [3.05, 3.63) is 0 Å². The number of hydrogen-bond donors (Lipinski definition) is 1. The van der Waals surface area contributed by atoms with E-state index in [0.29, 0.717) is 18.0 Å². The fraction of sp³-hybridized carbons (Fsp3) is 1.00. The van der Waals surface area contributed by atoms with Crippen molar-refractivity contribution < 1.29 is 4.74 Å². The summed E-state index contributed by atoms with van der Waals surface area (Å²) in [5, 5.41) is 3.65. The smallest absolute Gasteiger partial charge is 0.0618 e. The molecule has 0 bridgehead atoms. The van der Waals surface area contributed by atoms with Gasteiger partial charge in [0.05, 0.1) is 6.61 Å². The zero-order chi connectivity index (χ0) is 11.8. The maximum Gasteiger partial charge on any atom is 0.0618 e. The third-order valence-electron chi connectivity index (χ3n) is 2.83. The summed E-state index contributed by atoms with van der Waals surface area (Å²) < 4.78 is 5.23. The van der Waals surface area contributed by atoms with Crippen molar-refractivity contribution in [2.75, 3.05) is 13.7 Å². The Kier molecular flexibility index (Phi) is 8.07. The molecule has 2 atom stereocenters. The van der Waals surface area contributed by atoms with Crippen LogP contribution in [-0.2, 0) is 4.74 Å². The Morgan fingerprint density at radius 3 is 2.00 bits per heavy atom. The van der Waals surface area contributed by atoms with Gasteiger partial charge in [-0.1, -0.05) is 27.7 Å². The molecular formula is C13H29NO. The molecule has 0 fully saturated rings. The Bertz CT molecular complexity index is 145. The van der Waals surface area contributed by atoms with Gasteiger partial charge in [-0.15, -0.1) is 0 Å². The van der Waals surface area contributed by atoms with Crippen molar-refractivity contribution >= 4 is 0 Å². The van der Waals surface area contributed by atoms with E-state index in [1.807, 2.05) is 0 Å². The maximum atomic E-state index is 5.23. The predicted molar refractivity (Wildman–Crippen MR) is 67.2 cm³/mol. The van der Waals surface area contributed by atoms with Gasteiger partial charge in [-0.05, 0) is 31.6 Å². The van der Waals surface area contributed by atoms with E-state index in [1.54, 1.807) is 7.11 Å². The Morgan fingerprint density at radius 2 is 1.60 bits per heavy atom. The average Bonchev–Trinajstić information content (AvgIpc) is 2.14. The molecule has 0 spiro atoms. The lowest BCUT2D eigenvalue weighted by Crippen LogP contribution is -2.43. The molecule has 0 aliphatic carbocycles. The first-order valence-electron chi connectivity index (χ1n) is 6.22. The predicted octanol–water partition coefficient (Wildman–Crippen LogP) is 3.07. The minimum absolute atomic E-state index is 0.483. The summed E-state index contributed by atoms with van der Waals surface area (Å²) in [6.07, 6.45) is 2.55. The lowest BCUT2D eigenvalue weighted by molar-refractivity contribution is 0.140. The fourth-order valence-electron chi connectivity index (χ4n) is 1.64. The number of rotatable bonds is 8. The second kappa shape index (κ2) is 8.12. The molecule has 92 valence electrons. The summed E-state index contributed by atoms with van der Waals surface area (Å²) in [6, 6.07) is 1.08. The Balaban J connectivity index is 3.83. The van der Waals surface area contributed by atoms with Gasteiger partial charge in [0, 0.05) is 19.2 Å². The number of methoxy groups -OCH3 is 1. The van der Waals surface area contributed by atoms with E-state index in [-0.39, 0.29) is 0 Å². The molecule has 15 heavy (non-hydrogen) atoms. The van der Waals surface area contributed by atoms with Crippen LogP contribution < -0.4 is 5.32 Å². The molecule has 2 heteroatoms. The second-order valence-electron chi connectivity index (χ2n) is 5.34. The van der Waals surface area contributed by atoms with Crippen molar-refractivity contribution in [1.82, 2.24) is 5.32 Å². The van der Waals surface area contributed by atoms with Crippen molar-refractivity contribution in [2.24, 2.45) is 11.8 Å².